The van der Waals surface area contributed by atoms with Crippen molar-refractivity contribution >= 4 is 45.9 Å². The van der Waals surface area contributed by atoms with Crippen LogP contribution in [0.5, 0.6) is 0 Å². The molecule has 0 aromatic heterocycles. The molecule has 8 aromatic rings. The summed E-state index contributed by atoms with van der Waals surface area (Å²) in [6.07, 6.45) is 7.10. The predicted molar refractivity (Wildman–Crippen MR) is 253 cm³/mol. The second-order valence-corrected chi connectivity index (χ2v) is 21.9. The summed E-state index contributed by atoms with van der Waals surface area (Å²) in [5.41, 5.74) is 12.3. The van der Waals surface area contributed by atoms with Crippen molar-refractivity contribution in [1.82, 2.24) is 0 Å². The van der Waals surface area contributed by atoms with Gasteiger partial charge in [-0.1, -0.05) is 176 Å². The fourth-order valence-electron chi connectivity index (χ4n) is 13.1. The van der Waals surface area contributed by atoms with E-state index in [1.807, 2.05) is 0 Å². The zero-order chi connectivity index (χ0) is 39.7. The zero-order valence-electron chi connectivity index (χ0n) is 34.0. The molecular weight excluding hydrogens is 739 g/mol. The average Bonchev–Trinajstić information content (AvgIpc) is 3.60. The molecule has 60 heavy (non-hydrogen) atoms. The van der Waals surface area contributed by atoms with Gasteiger partial charge in [0.1, 0.15) is 0 Å². The Morgan fingerprint density at radius 3 is 1.32 bits per heavy atom. The molecule has 1 nitrogen and oxygen atoms in total. The lowest BCUT2D eigenvalue weighted by molar-refractivity contribution is -0.0399. The molecule has 0 unspecified atom stereocenters. The quantitative estimate of drug-likeness (QED) is 0.110. The topological polar surface area (TPSA) is 3.24 Å². The Morgan fingerprint density at radius 2 is 0.767 bits per heavy atom. The van der Waals surface area contributed by atoms with E-state index >= 15 is 0 Å². The average molecular weight is 788 g/mol. The summed E-state index contributed by atoms with van der Waals surface area (Å²) in [5.74, 6) is 3.41. The number of anilines is 3. The number of hydrogen-bond acceptors (Lipinski definition) is 1. The van der Waals surface area contributed by atoms with Gasteiger partial charge in [-0.3, -0.25) is 0 Å². The van der Waals surface area contributed by atoms with Crippen molar-refractivity contribution in [3.63, 3.8) is 0 Å². The van der Waals surface area contributed by atoms with Gasteiger partial charge in [-0.05, 0) is 146 Å². The van der Waals surface area contributed by atoms with E-state index in [4.69, 9.17) is 0 Å². The van der Waals surface area contributed by atoms with Gasteiger partial charge in [0, 0.05) is 22.5 Å². The molecule has 13 rings (SSSR count). The Balaban J connectivity index is 0.924. The SMILES string of the molecule is c1ccc(N(c2ccc(-c3ccc([Si](c4ccccc4)(c4ccccc4)c4ccccc4)cc3)cc2)c2ccc3c(c2)-c2ccccc2C32C3CC4CC(C3)CC2C4)cc1. The first-order chi connectivity index (χ1) is 29.7. The highest BCUT2D eigenvalue weighted by atomic mass is 28.3. The van der Waals surface area contributed by atoms with E-state index < -0.39 is 8.07 Å². The van der Waals surface area contributed by atoms with Gasteiger partial charge in [-0.25, -0.2) is 0 Å². The summed E-state index contributed by atoms with van der Waals surface area (Å²) < 4.78 is 0. The first-order valence-corrected chi connectivity index (χ1v) is 24.2. The molecule has 0 N–H and O–H groups in total. The number of hydrogen-bond donors (Lipinski definition) is 0. The van der Waals surface area contributed by atoms with Crippen LogP contribution in [0.1, 0.15) is 43.2 Å². The number of benzene rings is 8. The molecule has 0 amide bonds. The monoisotopic (exact) mass is 787 g/mol. The lowest BCUT2D eigenvalue weighted by Gasteiger charge is -2.61. The fraction of sp³-hybridized carbons (Fsp3) is 0.172. The minimum atomic E-state index is -2.58. The highest BCUT2D eigenvalue weighted by molar-refractivity contribution is 7.19. The maximum Gasteiger partial charge on any atom is 0.179 e. The molecule has 290 valence electrons. The number of fused-ring (bicyclic) bond motifs is 3. The number of rotatable bonds is 8. The maximum atomic E-state index is 2.54. The minimum Gasteiger partial charge on any atom is -0.310 e. The maximum absolute atomic E-state index is 2.58. The Kier molecular flexibility index (Phi) is 8.46. The third kappa shape index (κ3) is 5.36. The van der Waals surface area contributed by atoms with Crippen molar-refractivity contribution in [3.8, 4) is 22.3 Å². The molecule has 0 radical (unpaired) electrons. The number of nitrogens with zero attached hydrogens (tertiary/aromatic N) is 1. The molecule has 0 atom stereocenters. The Morgan fingerprint density at radius 1 is 0.350 bits per heavy atom. The van der Waals surface area contributed by atoms with Crippen molar-refractivity contribution in [2.24, 2.45) is 23.7 Å². The van der Waals surface area contributed by atoms with Crippen LogP contribution < -0.4 is 25.6 Å². The second-order valence-electron chi connectivity index (χ2n) is 18.1. The van der Waals surface area contributed by atoms with Crippen molar-refractivity contribution in [2.45, 2.75) is 37.5 Å². The van der Waals surface area contributed by atoms with E-state index in [1.54, 1.807) is 11.1 Å². The molecule has 8 aromatic carbocycles. The van der Waals surface area contributed by atoms with E-state index in [1.165, 1.54) is 92.2 Å². The largest absolute Gasteiger partial charge is 0.310 e. The van der Waals surface area contributed by atoms with Gasteiger partial charge in [0.05, 0.1) is 0 Å². The summed E-state index contributed by atoms with van der Waals surface area (Å²) in [5, 5.41) is 5.56. The Bertz CT molecular complexity index is 2670. The number of para-hydroxylation sites is 1. The molecule has 4 bridgehead atoms. The normalized spacial score (nSPS) is 22.1. The molecule has 4 saturated carbocycles. The van der Waals surface area contributed by atoms with E-state index in [-0.39, 0.29) is 5.41 Å². The summed E-state index contributed by atoms with van der Waals surface area (Å²) in [6.45, 7) is 0. The Hall–Kier alpha value is -6.22. The summed E-state index contributed by atoms with van der Waals surface area (Å²) >= 11 is 0. The van der Waals surface area contributed by atoms with Gasteiger partial charge in [0.25, 0.3) is 0 Å². The smallest absolute Gasteiger partial charge is 0.179 e. The van der Waals surface area contributed by atoms with Crippen molar-refractivity contribution in [2.75, 3.05) is 4.90 Å². The van der Waals surface area contributed by atoms with Crippen LogP contribution in [-0.4, -0.2) is 8.07 Å². The van der Waals surface area contributed by atoms with Crippen LogP contribution in [0.15, 0.2) is 212 Å². The van der Waals surface area contributed by atoms with Gasteiger partial charge in [-0.15, -0.1) is 0 Å². The summed E-state index contributed by atoms with van der Waals surface area (Å²) in [7, 11) is -2.58. The van der Waals surface area contributed by atoms with E-state index in [9.17, 15) is 0 Å². The van der Waals surface area contributed by atoms with E-state index in [0.29, 0.717) is 0 Å². The minimum absolute atomic E-state index is 0.179. The van der Waals surface area contributed by atoms with Crippen LogP contribution >= 0.6 is 0 Å². The van der Waals surface area contributed by atoms with E-state index in [0.717, 1.165) is 23.7 Å². The molecular formula is C58H49NSi. The van der Waals surface area contributed by atoms with E-state index in [2.05, 4.69) is 217 Å². The highest BCUT2D eigenvalue weighted by Crippen LogP contribution is 2.69. The fourth-order valence-corrected chi connectivity index (χ4v) is 17.8. The van der Waals surface area contributed by atoms with Crippen LogP contribution in [0, 0.1) is 23.7 Å². The van der Waals surface area contributed by atoms with Crippen LogP contribution in [0.25, 0.3) is 22.3 Å². The molecule has 0 saturated heterocycles. The molecule has 2 heteroatoms. The van der Waals surface area contributed by atoms with Crippen LogP contribution in [0.4, 0.5) is 17.1 Å². The van der Waals surface area contributed by atoms with Crippen molar-refractivity contribution in [1.29, 1.82) is 0 Å². The molecule has 1 spiro atoms. The molecule has 0 aliphatic heterocycles. The summed E-state index contributed by atoms with van der Waals surface area (Å²) in [6, 6.07) is 80.2. The van der Waals surface area contributed by atoms with Gasteiger partial charge in [-0.2, -0.15) is 0 Å². The van der Waals surface area contributed by atoms with Crippen LogP contribution in [0.2, 0.25) is 0 Å². The van der Waals surface area contributed by atoms with Gasteiger partial charge < -0.3 is 4.90 Å². The first-order valence-electron chi connectivity index (χ1n) is 22.2. The van der Waals surface area contributed by atoms with Gasteiger partial charge in [0.2, 0.25) is 0 Å². The molecule has 5 aliphatic carbocycles. The third-order valence-electron chi connectivity index (χ3n) is 15.2. The predicted octanol–water partition coefficient (Wildman–Crippen LogP) is 11.9. The lowest BCUT2D eigenvalue weighted by atomic mass is 9.43. The lowest BCUT2D eigenvalue weighted by Crippen LogP contribution is -2.74. The van der Waals surface area contributed by atoms with Gasteiger partial charge >= 0.3 is 0 Å². The standard InChI is InChI=1S/C58H49NSi/c1-5-15-47(16-6-1)59(49-31-34-57-55(40-49)54-23-13-14-24-56(54)58(57)45-36-41-35-42(38-45)39-46(58)37-41)48-29-25-43(26-30-48)44-27-32-53(33-28-44)60(50-17-7-2-8-18-50,51-19-9-3-10-20-51)52-21-11-4-12-22-52/h1-34,40-42,45-46H,35-39H2. The second kappa shape index (κ2) is 14.2. The van der Waals surface area contributed by atoms with Crippen LogP contribution in [-0.2, 0) is 5.41 Å². The Labute approximate surface area is 356 Å². The van der Waals surface area contributed by atoms with Crippen LogP contribution in [0.3, 0.4) is 0 Å². The zero-order valence-corrected chi connectivity index (χ0v) is 35.0. The molecule has 4 fully saturated rings. The third-order valence-corrected chi connectivity index (χ3v) is 20.0. The van der Waals surface area contributed by atoms with Crippen molar-refractivity contribution < 1.29 is 0 Å². The molecule has 0 heterocycles. The first kappa shape index (κ1) is 35.7. The highest BCUT2D eigenvalue weighted by Gasteiger charge is 2.61. The summed E-state index contributed by atoms with van der Waals surface area (Å²) in [4.78, 5) is 2.46. The van der Waals surface area contributed by atoms with Crippen molar-refractivity contribution in [3.05, 3.63) is 223 Å². The van der Waals surface area contributed by atoms with Gasteiger partial charge in [0.15, 0.2) is 8.07 Å². The molecule has 5 aliphatic rings.